The smallest absolute Gasteiger partial charge is 0.139 e. The molecule has 2 heteroatoms. The minimum Gasteiger partial charge on any atom is -0.381 e. The molecule has 14 heavy (non-hydrogen) atoms. The Hall–Kier alpha value is -1.46. The molecule has 0 saturated heterocycles. The molecule has 0 amide bonds. The van der Waals surface area contributed by atoms with Gasteiger partial charge in [-0.25, -0.2) is 0 Å². The maximum Gasteiger partial charge on any atom is 0.139 e. The minimum atomic E-state index is -0.968. The maximum absolute atomic E-state index is 9.74. The van der Waals surface area contributed by atoms with Gasteiger partial charge in [0.25, 0.3) is 0 Å². The van der Waals surface area contributed by atoms with E-state index in [0.717, 1.165) is 5.69 Å². The first-order chi connectivity index (χ1) is 6.64. The molecule has 0 aliphatic heterocycles. The molecule has 0 aromatic heterocycles. The molecule has 2 N–H and O–H groups in total. The van der Waals surface area contributed by atoms with Crippen molar-refractivity contribution < 1.29 is 5.11 Å². The zero-order valence-electron chi connectivity index (χ0n) is 8.54. The zero-order valence-corrected chi connectivity index (χ0v) is 8.54. The summed E-state index contributed by atoms with van der Waals surface area (Å²) in [6.07, 6.45) is 0. The highest BCUT2D eigenvalue weighted by atomic mass is 16.3. The van der Waals surface area contributed by atoms with Crippen LogP contribution in [0, 0.1) is 11.8 Å². The summed E-state index contributed by atoms with van der Waals surface area (Å²) in [6, 6.07) is 9.76. The fourth-order valence-corrected chi connectivity index (χ4v) is 1.14. The number of rotatable bonds is 3. The fraction of sp³-hybridized carbons (Fsp3) is 0.333. The molecule has 2 nitrogen and oxygen atoms in total. The quantitative estimate of drug-likeness (QED) is 0.711. The molecule has 0 bridgehead atoms. The zero-order chi connectivity index (χ0) is 10.4. The Morgan fingerprint density at radius 3 is 2.57 bits per heavy atom. The van der Waals surface area contributed by atoms with Gasteiger partial charge in [-0.2, -0.15) is 0 Å². The van der Waals surface area contributed by atoms with Crippen LogP contribution in [0.25, 0.3) is 0 Å². The van der Waals surface area contributed by atoms with E-state index in [2.05, 4.69) is 17.2 Å². The van der Waals surface area contributed by atoms with Crippen LogP contribution >= 0.6 is 0 Å². The minimum absolute atomic E-state index is 0.428. The number of para-hydroxylation sites is 1. The van der Waals surface area contributed by atoms with E-state index in [1.54, 1.807) is 13.8 Å². The molecule has 0 heterocycles. The Morgan fingerprint density at radius 2 is 2.00 bits per heavy atom. The van der Waals surface area contributed by atoms with Crippen molar-refractivity contribution >= 4 is 5.69 Å². The molecule has 1 aromatic carbocycles. The van der Waals surface area contributed by atoms with Gasteiger partial charge in [0.05, 0.1) is 6.54 Å². The van der Waals surface area contributed by atoms with Crippen LogP contribution in [0.5, 0.6) is 0 Å². The van der Waals surface area contributed by atoms with Gasteiger partial charge >= 0.3 is 0 Å². The van der Waals surface area contributed by atoms with Gasteiger partial charge in [-0.15, -0.1) is 5.92 Å². The molecule has 0 saturated carbocycles. The molecular weight excluding hydrogens is 174 g/mol. The average Bonchev–Trinajstić information content (AvgIpc) is 2.17. The van der Waals surface area contributed by atoms with Crippen LogP contribution < -0.4 is 5.32 Å². The first-order valence-corrected chi connectivity index (χ1v) is 4.59. The third-order valence-corrected chi connectivity index (χ3v) is 1.80. The number of hydrogen-bond acceptors (Lipinski definition) is 2. The summed E-state index contributed by atoms with van der Waals surface area (Å²) in [6.45, 7) is 3.84. The Kier molecular flexibility index (Phi) is 3.55. The number of hydrogen-bond donors (Lipinski definition) is 2. The molecule has 0 spiro atoms. The van der Waals surface area contributed by atoms with Gasteiger partial charge in [-0.3, -0.25) is 0 Å². The van der Waals surface area contributed by atoms with Gasteiger partial charge in [0, 0.05) is 5.69 Å². The molecule has 1 unspecified atom stereocenters. The molecule has 0 radical (unpaired) electrons. The largest absolute Gasteiger partial charge is 0.381 e. The van der Waals surface area contributed by atoms with Crippen molar-refractivity contribution in [3.63, 3.8) is 0 Å². The lowest BCUT2D eigenvalue weighted by atomic mass is 10.1. The highest BCUT2D eigenvalue weighted by Crippen LogP contribution is 2.08. The topological polar surface area (TPSA) is 32.3 Å². The van der Waals surface area contributed by atoms with E-state index < -0.39 is 5.60 Å². The van der Waals surface area contributed by atoms with Crippen LogP contribution in [0.1, 0.15) is 13.8 Å². The highest BCUT2D eigenvalue weighted by molar-refractivity contribution is 5.43. The second kappa shape index (κ2) is 4.69. The molecule has 74 valence electrons. The van der Waals surface area contributed by atoms with Crippen LogP contribution in [0.2, 0.25) is 0 Å². The summed E-state index contributed by atoms with van der Waals surface area (Å²) in [5.41, 5.74) is 0.0237. The molecular formula is C12H15NO. The molecule has 1 rings (SSSR count). The lowest BCUT2D eigenvalue weighted by Gasteiger charge is -2.17. The molecule has 1 atom stereocenters. The van der Waals surface area contributed by atoms with Crippen molar-refractivity contribution in [1.29, 1.82) is 0 Å². The van der Waals surface area contributed by atoms with Crippen LogP contribution in [-0.2, 0) is 0 Å². The van der Waals surface area contributed by atoms with E-state index in [-0.39, 0.29) is 0 Å². The van der Waals surface area contributed by atoms with E-state index in [1.165, 1.54) is 0 Å². The van der Waals surface area contributed by atoms with Crippen LogP contribution in [0.15, 0.2) is 30.3 Å². The van der Waals surface area contributed by atoms with Crippen LogP contribution in [0.4, 0.5) is 5.69 Å². The summed E-state index contributed by atoms with van der Waals surface area (Å²) in [7, 11) is 0. The van der Waals surface area contributed by atoms with Gasteiger partial charge in [-0.1, -0.05) is 24.1 Å². The summed E-state index contributed by atoms with van der Waals surface area (Å²) in [5.74, 6) is 5.44. The SMILES string of the molecule is CC#CC(C)(O)CNc1ccccc1. The van der Waals surface area contributed by atoms with Crippen LogP contribution in [-0.4, -0.2) is 17.3 Å². The van der Waals surface area contributed by atoms with Crippen LogP contribution in [0.3, 0.4) is 0 Å². The second-order valence-corrected chi connectivity index (χ2v) is 3.37. The predicted octanol–water partition coefficient (Wildman–Crippen LogP) is 1.87. The predicted molar refractivity (Wildman–Crippen MR) is 59.0 cm³/mol. The second-order valence-electron chi connectivity index (χ2n) is 3.37. The van der Waals surface area contributed by atoms with E-state index in [4.69, 9.17) is 0 Å². The maximum atomic E-state index is 9.74. The third-order valence-electron chi connectivity index (χ3n) is 1.80. The van der Waals surface area contributed by atoms with Gasteiger partial charge < -0.3 is 10.4 Å². The van der Waals surface area contributed by atoms with Crippen molar-refractivity contribution in [2.75, 3.05) is 11.9 Å². The van der Waals surface area contributed by atoms with E-state index in [9.17, 15) is 5.11 Å². The third kappa shape index (κ3) is 3.51. The Bertz CT molecular complexity index is 332. The lowest BCUT2D eigenvalue weighted by molar-refractivity contribution is 0.136. The van der Waals surface area contributed by atoms with Gasteiger partial charge in [0.15, 0.2) is 0 Å². The Morgan fingerprint density at radius 1 is 1.36 bits per heavy atom. The van der Waals surface area contributed by atoms with Crippen molar-refractivity contribution in [2.45, 2.75) is 19.4 Å². The number of nitrogens with one attached hydrogen (secondary N) is 1. The van der Waals surface area contributed by atoms with Gasteiger partial charge in [0.2, 0.25) is 0 Å². The van der Waals surface area contributed by atoms with Gasteiger partial charge in [-0.05, 0) is 26.0 Å². The highest BCUT2D eigenvalue weighted by Gasteiger charge is 2.15. The van der Waals surface area contributed by atoms with E-state index >= 15 is 0 Å². The molecule has 0 aliphatic rings. The Labute approximate surface area is 85.0 Å². The first-order valence-electron chi connectivity index (χ1n) is 4.59. The summed E-state index contributed by atoms with van der Waals surface area (Å²) in [4.78, 5) is 0. The first kappa shape index (κ1) is 10.6. The molecule has 0 aliphatic carbocycles. The van der Waals surface area contributed by atoms with Crippen molar-refractivity contribution in [1.82, 2.24) is 0 Å². The monoisotopic (exact) mass is 189 g/mol. The number of anilines is 1. The molecule has 1 aromatic rings. The summed E-state index contributed by atoms with van der Waals surface area (Å²) in [5, 5.41) is 12.9. The van der Waals surface area contributed by atoms with Crippen molar-refractivity contribution in [3.05, 3.63) is 30.3 Å². The summed E-state index contributed by atoms with van der Waals surface area (Å²) < 4.78 is 0. The van der Waals surface area contributed by atoms with E-state index in [0.29, 0.717) is 6.54 Å². The Balaban J connectivity index is 2.52. The van der Waals surface area contributed by atoms with Crippen molar-refractivity contribution in [2.24, 2.45) is 0 Å². The normalized spacial score (nSPS) is 13.6. The van der Waals surface area contributed by atoms with Gasteiger partial charge in [0.1, 0.15) is 5.60 Å². The fourth-order valence-electron chi connectivity index (χ4n) is 1.14. The van der Waals surface area contributed by atoms with Crippen molar-refractivity contribution in [3.8, 4) is 11.8 Å². The summed E-state index contributed by atoms with van der Waals surface area (Å²) >= 11 is 0. The standard InChI is InChI=1S/C12H15NO/c1-3-9-12(2,14)10-13-11-7-5-4-6-8-11/h4-8,13-14H,10H2,1-2H3. The lowest BCUT2D eigenvalue weighted by Crippen LogP contribution is -2.31. The van der Waals surface area contributed by atoms with E-state index in [1.807, 2.05) is 30.3 Å². The molecule has 0 fully saturated rings. The average molecular weight is 189 g/mol. The number of aliphatic hydroxyl groups is 1. The number of benzene rings is 1.